The minimum absolute atomic E-state index is 0.143. The van der Waals surface area contributed by atoms with Gasteiger partial charge in [-0.1, -0.05) is 36.4 Å². The van der Waals surface area contributed by atoms with E-state index in [0.717, 1.165) is 45.9 Å². The number of halogens is 1. The van der Waals surface area contributed by atoms with Gasteiger partial charge in [0.2, 0.25) is 0 Å². The number of thioether (sulfide) groups is 1. The fraction of sp³-hybridized carbons (Fsp3) is 0.148. The monoisotopic (exact) mass is 457 g/mol. The summed E-state index contributed by atoms with van der Waals surface area (Å²) in [6.07, 6.45) is 7.05. The van der Waals surface area contributed by atoms with Gasteiger partial charge in [0, 0.05) is 25.1 Å². The molecule has 0 aliphatic rings. The number of pyridine rings is 2. The van der Waals surface area contributed by atoms with Crippen LogP contribution in [0.15, 0.2) is 96.4 Å². The number of aromatic nitrogens is 2. The Kier molecular flexibility index (Phi) is 7.82. The van der Waals surface area contributed by atoms with Crippen LogP contribution in [0.1, 0.15) is 27.9 Å². The molecule has 0 bridgehead atoms. The molecule has 0 radical (unpaired) electrons. The van der Waals surface area contributed by atoms with Gasteiger partial charge < -0.3 is 5.32 Å². The Morgan fingerprint density at radius 2 is 1.73 bits per heavy atom. The Balaban J connectivity index is 1.33. The van der Waals surface area contributed by atoms with Crippen molar-refractivity contribution in [3.05, 3.63) is 114 Å². The second-order valence-corrected chi connectivity index (χ2v) is 8.64. The van der Waals surface area contributed by atoms with E-state index < -0.39 is 0 Å². The molecule has 0 unspecified atom stereocenters. The number of aryl methyl sites for hydroxylation is 1. The number of amides is 1. The number of hydrogen-bond acceptors (Lipinski definition) is 4. The third-order valence-corrected chi connectivity index (χ3v) is 6.24. The molecule has 2 heterocycles. The summed E-state index contributed by atoms with van der Waals surface area (Å²) < 4.78 is 13.0. The molecule has 0 aliphatic carbocycles. The van der Waals surface area contributed by atoms with Gasteiger partial charge in [-0.25, -0.2) is 9.37 Å². The number of nitrogens with one attached hydrogen (secondary N) is 1. The van der Waals surface area contributed by atoms with Crippen molar-refractivity contribution in [1.29, 1.82) is 0 Å². The van der Waals surface area contributed by atoms with Crippen LogP contribution in [-0.2, 0) is 13.0 Å². The first-order valence-electron chi connectivity index (χ1n) is 10.8. The Morgan fingerprint density at radius 1 is 0.909 bits per heavy atom. The van der Waals surface area contributed by atoms with E-state index in [1.807, 2.05) is 48.7 Å². The van der Waals surface area contributed by atoms with E-state index in [4.69, 9.17) is 0 Å². The van der Waals surface area contributed by atoms with Gasteiger partial charge in [0.15, 0.2) is 0 Å². The summed E-state index contributed by atoms with van der Waals surface area (Å²) in [5, 5.41) is 3.73. The average Bonchev–Trinajstić information content (AvgIpc) is 2.87. The smallest absolute Gasteiger partial charge is 0.254 e. The van der Waals surface area contributed by atoms with Crippen molar-refractivity contribution in [1.82, 2.24) is 15.3 Å². The van der Waals surface area contributed by atoms with Crippen molar-refractivity contribution in [2.45, 2.75) is 24.4 Å². The van der Waals surface area contributed by atoms with E-state index in [1.165, 1.54) is 12.1 Å². The molecule has 0 fully saturated rings. The highest BCUT2D eigenvalue weighted by atomic mass is 32.2. The molecule has 0 spiro atoms. The maximum Gasteiger partial charge on any atom is 0.254 e. The molecule has 0 atom stereocenters. The highest BCUT2D eigenvalue weighted by Gasteiger charge is 2.12. The number of nitrogens with zero attached hydrogens (tertiary/aromatic N) is 2. The van der Waals surface area contributed by atoms with Crippen molar-refractivity contribution in [2.24, 2.45) is 0 Å². The fourth-order valence-electron chi connectivity index (χ4n) is 3.45. The zero-order chi connectivity index (χ0) is 22.9. The average molecular weight is 458 g/mol. The molecule has 2 aromatic heterocycles. The quantitative estimate of drug-likeness (QED) is 0.250. The van der Waals surface area contributed by atoms with Gasteiger partial charge in [0.25, 0.3) is 5.91 Å². The van der Waals surface area contributed by atoms with Crippen LogP contribution in [0.3, 0.4) is 0 Å². The summed E-state index contributed by atoms with van der Waals surface area (Å²) in [6, 6.07) is 22.2. The van der Waals surface area contributed by atoms with Crippen molar-refractivity contribution in [3.63, 3.8) is 0 Å². The lowest BCUT2D eigenvalue weighted by molar-refractivity contribution is 0.0947. The Bertz CT molecular complexity index is 1200. The zero-order valence-electron chi connectivity index (χ0n) is 18.1. The van der Waals surface area contributed by atoms with E-state index in [0.29, 0.717) is 12.1 Å². The fourth-order valence-corrected chi connectivity index (χ4v) is 4.38. The summed E-state index contributed by atoms with van der Waals surface area (Å²) in [7, 11) is 0. The summed E-state index contributed by atoms with van der Waals surface area (Å²) >= 11 is 1.57. The Labute approximate surface area is 197 Å². The third-order valence-electron chi connectivity index (χ3n) is 5.15. The predicted molar refractivity (Wildman–Crippen MR) is 131 cm³/mol. The second kappa shape index (κ2) is 11.4. The van der Waals surface area contributed by atoms with E-state index >= 15 is 0 Å². The van der Waals surface area contributed by atoms with Gasteiger partial charge >= 0.3 is 0 Å². The first-order valence-corrected chi connectivity index (χ1v) is 11.8. The van der Waals surface area contributed by atoms with Crippen LogP contribution in [0.4, 0.5) is 4.39 Å². The van der Waals surface area contributed by atoms with Gasteiger partial charge in [-0.05, 0) is 77.2 Å². The van der Waals surface area contributed by atoms with Crippen LogP contribution in [0.2, 0.25) is 0 Å². The molecule has 1 amide bonds. The van der Waals surface area contributed by atoms with Crippen LogP contribution in [0.5, 0.6) is 0 Å². The maximum atomic E-state index is 13.0. The van der Waals surface area contributed by atoms with Crippen molar-refractivity contribution in [3.8, 4) is 11.1 Å². The van der Waals surface area contributed by atoms with Gasteiger partial charge in [-0.2, -0.15) is 0 Å². The SMILES string of the molecule is O=C(NCc1cccc(-c2cccnc2)c1)c1cccnc1SCCCc1ccc(F)cc1. The van der Waals surface area contributed by atoms with Crippen LogP contribution in [-0.4, -0.2) is 21.6 Å². The van der Waals surface area contributed by atoms with Crippen LogP contribution >= 0.6 is 11.8 Å². The normalized spacial score (nSPS) is 10.7. The Morgan fingerprint density at radius 3 is 2.55 bits per heavy atom. The molecule has 2 aromatic carbocycles. The van der Waals surface area contributed by atoms with Crippen molar-refractivity contribution < 1.29 is 9.18 Å². The summed E-state index contributed by atoms with van der Waals surface area (Å²) in [5.74, 6) is 0.457. The molecule has 166 valence electrons. The van der Waals surface area contributed by atoms with E-state index in [9.17, 15) is 9.18 Å². The minimum atomic E-state index is -0.221. The van der Waals surface area contributed by atoms with Gasteiger partial charge in [0.05, 0.1) is 5.56 Å². The van der Waals surface area contributed by atoms with Gasteiger partial charge in [-0.3, -0.25) is 9.78 Å². The Hall–Kier alpha value is -3.51. The van der Waals surface area contributed by atoms with Crippen molar-refractivity contribution >= 4 is 17.7 Å². The minimum Gasteiger partial charge on any atom is -0.348 e. The van der Waals surface area contributed by atoms with Crippen LogP contribution < -0.4 is 5.32 Å². The molecule has 4 aromatic rings. The molecule has 33 heavy (non-hydrogen) atoms. The largest absolute Gasteiger partial charge is 0.348 e. The third kappa shape index (κ3) is 6.49. The number of benzene rings is 2. The second-order valence-electron chi connectivity index (χ2n) is 7.56. The molecule has 4 nitrogen and oxygen atoms in total. The molecular formula is C27H24FN3OS. The molecular weight excluding hydrogens is 433 g/mol. The molecule has 6 heteroatoms. The molecule has 1 N–H and O–H groups in total. The van der Waals surface area contributed by atoms with Crippen LogP contribution in [0, 0.1) is 5.82 Å². The predicted octanol–water partition coefficient (Wildman–Crippen LogP) is 5.94. The van der Waals surface area contributed by atoms with Crippen molar-refractivity contribution in [2.75, 3.05) is 5.75 Å². The molecule has 0 aliphatic heterocycles. The van der Waals surface area contributed by atoms with E-state index in [2.05, 4.69) is 21.4 Å². The number of carbonyl (C=O) groups excluding carboxylic acids is 1. The molecule has 0 saturated carbocycles. The number of rotatable bonds is 9. The van der Waals surface area contributed by atoms with Gasteiger partial charge in [-0.15, -0.1) is 11.8 Å². The lowest BCUT2D eigenvalue weighted by Crippen LogP contribution is -2.23. The first-order chi connectivity index (χ1) is 16.2. The van der Waals surface area contributed by atoms with Crippen LogP contribution in [0.25, 0.3) is 11.1 Å². The highest BCUT2D eigenvalue weighted by Crippen LogP contribution is 2.22. The van der Waals surface area contributed by atoms with E-state index in [-0.39, 0.29) is 11.7 Å². The standard InChI is InChI=1S/C27H24FN3OS/c28-24-12-10-20(11-13-24)6-4-16-33-27-25(9-3-15-30-27)26(32)31-18-21-5-1-7-22(17-21)23-8-2-14-29-19-23/h1-3,5,7-15,17,19H,4,6,16,18H2,(H,31,32). The zero-order valence-corrected chi connectivity index (χ0v) is 18.9. The topological polar surface area (TPSA) is 54.9 Å². The summed E-state index contributed by atoms with van der Waals surface area (Å²) in [4.78, 5) is 21.5. The summed E-state index contributed by atoms with van der Waals surface area (Å²) in [6.45, 7) is 0.427. The number of hydrogen-bond donors (Lipinski definition) is 1. The maximum absolute atomic E-state index is 13.0. The number of carbonyl (C=O) groups is 1. The first kappa shape index (κ1) is 22.7. The van der Waals surface area contributed by atoms with Gasteiger partial charge in [0.1, 0.15) is 10.8 Å². The molecule has 0 saturated heterocycles. The molecule has 4 rings (SSSR count). The lowest BCUT2D eigenvalue weighted by atomic mass is 10.0. The summed E-state index contributed by atoms with van der Waals surface area (Å²) in [5.41, 5.74) is 4.80. The van der Waals surface area contributed by atoms with E-state index in [1.54, 1.807) is 36.3 Å². The lowest BCUT2D eigenvalue weighted by Gasteiger charge is -2.10. The highest BCUT2D eigenvalue weighted by molar-refractivity contribution is 7.99.